The van der Waals surface area contributed by atoms with Crippen molar-refractivity contribution in [2.24, 2.45) is 0 Å². The van der Waals surface area contributed by atoms with E-state index in [9.17, 15) is 9.59 Å². The van der Waals surface area contributed by atoms with Crippen molar-refractivity contribution in [3.05, 3.63) is 94.9 Å². The fourth-order valence-corrected chi connectivity index (χ4v) is 3.14. The predicted molar refractivity (Wildman–Crippen MR) is 110 cm³/mol. The van der Waals surface area contributed by atoms with Gasteiger partial charge in [0.2, 0.25) is 5.91 Å². The Morgan fingerprint density at radius 2 is 1.79 bits per heavy atom. The molecule has 0 radical (unpaired) electrons. The molecule has 7 heteroatoms. The molecule has 0 atom stereocenters. The van der Waals surface area contributed by atoms with Crippen molar-refractivity contribution in [2.75, 3.05) is 11.9 Å². The maximum absolute atomic E-state index is 12.5. The first-order valence-electron chi connectivity index (χ1n) is 9.25. The summed E-state index contributed by atoms with van der Waals surface area (Å²) < 4.78 is 5.43. The fourth-order valence-electron chi connectivity index (χ4n) is 3.14. The third-order valence-electron chi connectivity index (χ3n) is 4.42. The zero-order valence-electron chi connectivity index (χ0n) is 15.7. The standard InChI is InChI=1S/C22H20N4O3/c27-21(23-16-7-2-1-3-8-16)15-26(13-17-9-6-12-29-17)14-20-24-19-11-5-4-10-18(19)22(28)25-20/h1-12H,13-15H2,(H,23,27)(H,24,25,28). The molecule has 0 aliphatic carbocycles. The average molecular weight is 388 g/mol. The van der Waals surface area contributed by atoms with Crippen LogP contribution in [0.1, 0.15) is 11.6 Å². The fraction of sp³-hybridized carbons (Fsp3) is 0.136. The Balaban J connectivity index is 1.54. The lowest BCUT2D eigenvalue weighted by molar-refractivity contribution is -0.117. The first-order valence-corrected chi connectivity index (χ1v) is 9.25. The molecule has 2 N–H and O–H groups in total. The largest absolute Gasteiger partial charge is 0.468 e. The molecular formula is C22H20N4O3. The third-order valence-corrected chi connectivity index (χ3v) is 4.42. The molecule has 0 fully saturated rings. The van der Waals surface area contributed by atoms with Crippen LogP contribution in [0.25, 0.3) is 10.9 Å². The predicted octanol–water partition coefficient (Wildman–Crippen LogP) is 3.16. The van der Waals surface area contributed by atoms with Crippen LogP contribution in [-0.4, -0.2) is 27.3 Å². The van der Waals surface area contributed by atoms with Gasteiger partial charge in [-0.25, -0.2) is 4.98 Å². The van der Waals surface area contributed by atoms with E-state index in [4.69, 9.17) is 4.42 Å². The van der Waals surface area contributed by atoms with E-state index in [2.05, 4.69) is 15.3 Å². The van der Waals surface area contributed by atoms with E-state index in [0.29, 0.717) is 29.8 Å². The van der Waals surface area contributed by atoms with Crippen molar-refractivity contribution in [1.29, 1.82) is 0 Å². The molecule has 0 unspecified atom stereocenters. The minimum Gasteiger partial charge on any atom is -0.468 e. The molecular weight excluding hydrogens is 368 g/mol. The van der Waals surface area contributed by atoms with Crippen LogP contribution >= 0.6 is 0 Å². The number of nitrogens with zero attached hydrogens (tertiary/aromatic N) is 2. The molecule has 0 saturated heterocycles. The zero-order valence-corrected chi connectivity index (χ0v) is 15.7. The normalized spacial score (nSPS) is 11.1. The second-order valence-corrected chi connectivity index (χ2v) is 6.67. The van der Waals surface area contributed by atoms with Crippen molar-refractivity contribution in [3.8, 4) is 0 Å². The number of nitrogens with one attached hydrogen (secondary N) is 2. The number of carbonyl (C=O) groups excluding carboxylic acids is 1. The Morgan fingerprint density at radius 3 is 2.59 bits per heavy atom. The summed E-state index contributed by atoms with van der Waals surface area (Å²) in [4.78, 5) is 34.1. The van der Waals surface area contributed by atoms with Crippen molar-refractivity contribution in [1.82, 2.24) is 14.9 Å². The third kappa shape index (κ3) is 4.77. The number of hydrogen-bond donors (Lipinski definition) is 2. The number of rotatable bonds is 7. The Kier molecular flexibility index (Phi) is 5.49. The number of furan rings is 1. The number of hydrogen-bond acceptors (Lipinski definition) is 5. The van der Waals surface area contributed by atoms with Gasteiger partial charge in [-0.05, 0) is 36.4 Å². The maximum Gasteiger partial charge on any atom is 0.258 e. The quantitative estimate of drug-likeness (QED) is 0.507. The average Bonchev–Trinajstić information content (AvgIpc) is 3.22. The monoisotopic (exact) mass is 388 g/mol. The summed E-state index contributed by atoms with van der Waals surface area (Å²) in [6, 6.07) is 20.1. The molecule has 0 spiro atoms. The number of para-hydroxylation sites is 2. The Labute approximate surface area is 167 Å². The van der Waals surface area contributed by atoms with E-state index in [1.807, 2.05) is 47.4 Å². The smallest absolute Gasteiger partial charge is 0.258 e. The van der Waals surface area contributed by atoms with Gasteiger partial charge in [0.1, 0.15) is 11.6 Å². The number of aromatic nitrogens is 2. The van der Waals surface area contributed by atoms with Crippen LogP contribution in [0.15, 0.2) is 82.2 Å². The van der Waals surface area contributed by atoms with Crippen LogP contribution in [-0.2, 0) is 17.9 Å². The number of aromatic amines is 1. The van der Waals surface area contributed by atoms with Crippen molar-refractivity contribution in [2.45, 2.75) is 13.1 Å². The van der Waals surface area contributed by atoms with Gasteiger partial charge in [0, 0.05) is 5.69 Å². The summed E-state index contributed by atoms with van der Waals surface area (Å²) in [5.74, 6) is 1.05. The molecule has 2 aromatic carbocycles. The molecule has 0 aliphatic rings. The first-order chi connectivity index (χ1) is 14.2. The van der Waals surface area contributed by atoms with E-state index in [1.165, 1.54) is 0 Å². The van der Waals surface area contributed by atoms with Crippen LogP contribution in [0, 0.1) is 0 Å². The molecule has 0 aliphatic heterocycles. The molecule has 0 saturated carbocycles. The Hall–Kier alpha value is -3.71. The highest BCUT2D eigenvalue weighted by Gasteiger charge is 2.15. The van der Waals surface area contributed by atoms with Crippen molar-refractivity contribution >= 4 is 22.5 Å². The summed E-state index contributed by atoms with van der Waals surface area (Å²) in [5, 5.41) is 3.41. The van der Waals surface area contributed by atoms with Gasteiger partial charge in [0.05, 0.1) is 36.8 Å². The molecule has 4 rings (SSSR count). The van der Waals surface area contributed by atoms with Gasteiger partial charge in [0.15, 0.2) is 0 Å². The Bertz CT molecular complexity index is 1150. The Morgan fingerprint density at radius 1 is 1.00 bits per heavy atom. The van der Waals surface area contributed by atoms with Gasteiger partial charge in [-0.2, -0.15) is 0 Å². The number of fused-ring (bicyclic) bond motifs is 1. The number of benzene rings is 2. The first kappa shape index (κ1) is 18.6. The molecule has 1 amide bonds. The zero-order chi connectivity index (χ0) is 20.1. The second kappa shape index (κ2) is 8.53. The van der Waals surface area contributed by atoms with E-state index in [-0.39, 0.29) is 18.0 Å². The second-order valence-electron chi connectivity index (χ2n) is 6.67. The highest BCUT2D eigenvalue weighted by molar-refractivity contribution is 5.92. The van der Waals surface area contributed by atoms with E-state index >= 15 is 0 Å². The number of anilines is 1. The lowest BCUT2D eigenvalue weighted by atomic mass is 10.2. The summed E-state index contributed by atoms with van der Waals surface area (Å²) >= 11 is 0. The van der Waals surface area contributed by atoms with E-state index in [0.717, 1.165) is 11.4 Å². The van der Waals surface area contributed by atoms with Gasteiger partial charge in [-0.1, -0.05) is 30.3 Å². The van der Waals surface area contributed by atoms with E-state index < -0.39 is 0 Å². The molecule has 146 valence electrons. The van der Waals surface area contributed by atoms with Crippen LogP contribution < -0.4 is 10.9 Å². The van der Waals surface area contributed by atoms with Gasteiger partial charge in [-0.3, -0.25) is 14.5 Å². The number of H-pyrrole nitrogens is 1. The highest BCUT2D eigenvalue weighted by Crippen LogP contribution is 2.11. The highest BCUT2D eigenvalue weighted by atomic mass is 16.3. The van der Waals surface area contributed by atoms with Gasteiger partial charge in [-0.15, -0.1) is 0 Å². The lowest BCUT2D eigenvalue weighted by Gasteiger charge is -2.20. The maximum atomic E-state index is 12.5. The molecule has 29 heavy (non-hydrogen) atoms. The summed E-state index contributed by atoms with van der Waals surface area (Å²) in [6.45, 7) is 0.820. The van der Waals surface area contributed by atoms with E-state index in [1.54, 1.807) is 30.5 Å². The van der Waals surface area contributed by atoms with Gasteiger partial charge in [0.25, 0.3) is 5.56 Å². The van der Waals surface area contributed by atoms with Crippen LogP contribution in [0.2, 0.25) is 0 Å². The molecule has 0 bridgehead atoms. The summed E-state index contributed by atoms with van der Waals surface area (Å²) in [6.07, 6.45) is 1.59. The molecule has 2 aromatic heterocycles. The van der Waals surface area contributed by atoms with Crippen LogP contribution in [0.4, 0.5) is 5.69 Å². The lowest BCUT2D eigenvalue weighted by Crippen LogP contribution is -2.33. The topological polar surface area (TPSA) is 91.2 Å². The SMILES string of the molecule is O=C(CN(Cc1nc2ccccc2c(=O)[nH]1)Cc1ccco1)Nc1ccccc1. The summed E-state index contributed by atoms with van der Waals surface area (Å²) in [5.41, 5.74) is 1.16. The van der Waals surface area contributed by atoms with Gasteiger partial charge < -0.3 is 14.7 Å². The van der Waals surface area contributed by atoms with Crippen molar-refractivity contribution in [3.63, 3.8) is 0 Å². The number of carbonyl (C=O) groups is 1. The molecule has 7 nitrogen and oxygen atoms in total. The summed E-state index contributed by atoms with van der Waals surface area (Å²) in [7, 11) is 0. The molecule has 4 aromatic rings. The van der Waals surface area contributed by atoms with Gasteiger partial charge >= 0.3 is 0 Å². The van der Waals surface area contributed by atoms with Crippen molar-refractivity contribution < 1.29 is 9.21 Å². The van der Waals surface area contributed by atoms with Crippen LogP contribution in [0.3, 0.4) is 0 Å². The minimum atomic E-state index is -0.197. The molecule has 2 heterocycles. The number of amides is 1. The van der Waals surface area contributed by atoms with Crippen LogP contribution in [0.5, 0.6) is 0 Å². The minimum absolute atomic E-state index is 0.117.